The second-order valence-electron chi connectivity index (χ2n) is 5.68. The number of piperidine rings is 1. The van der Waals surface area contributed by atoms with Gasteiger partial charge in [0.1, 0.15) is 5.75 Å². The monoisotopic (exact) mass is 281 g/mol. The molecule has 0 aromatic heterocycles. The number of benzene rings is 1. The molecule has 3 unspecified atom stereocenters. The van der Waals surface area contributed by atoms with Gasteiger partial charge >= 0.3 is 0 Å². The summed E-state index contributed by atoms with van der Waals surface area (Å²) in [4.78, 5) is 14.5. The van der Waals surface area contributed by atoms with Crippen LogP contribution in [-0.4, -0.2) is 28.5 Å². The first-order valence-electron chi connectivity index (χ1n) is 6.69. The molecule has 4 heteroatoms. The summed E-state index contributed by atoms with van der Waals surface area (Å²) in [6.45, 7) is 7.15. The third-order valence-corrected chi connectivity index (χ3v) is 4.37. The van der Waals surface area contributed by atoms with E-state index < -0.39 is 0 Å². The quantitative estimate of drug-likeness (QED) is 0.855. The number of likely N-dealkylation sites (tertiary alicyclic amines) is 1. The van der Waals surface area contributed by atoms with Gasteiger partial charge < -0.3 is 10.0 Å². The highest BCUT2D eigenvalue weighted by Crippen LogP contribution is 2.30. The Morgan fingerprint density at radius 2 is 2.05 bits per heavy atom. The van der Waals surface area contributed by atoms with Crippen molar-refractivity contribution in [2.45, 2.75) is 33.2 Å². The molecule has 1 aliphatic rings. The lowest BCUT2D eigenvalue weighted by molar-refractivity contribution is 0.0455. The molecule has 3 atom stereocenters. The van der Waals surface area contributed by atoms with E-state index >= 15 is 0 Å². The van der Waals surface area contributed by atoms with Gasteiger partial charge in [0.15, 0.2) is 0 Å². The number of aromatic hydroxyl groups is 1. The predicted octanol–water partition coefficient (Wildman–Crippen LogP) is 3.55. The van der Waals surface area contributed by atoms with E-state index in [1.165, 1.54) is 12.1 Å². The number of carbonyl (C=O) groups excluding carboxylic acids is 1. The van der Waals surface area contributed by atoms with Crippen LogP contribution in [0.25, 0.3) is 0 Å². The molecule has 2 rings (SSSR count). The first-order valence-corrected chi connectivity index (χ1v) is 7.07. The molecule has 0 saturated carbocycles. The molecule has 1 N–H and O–H groups in total. The van der Waals surface area contributed by atoms with Crippen LogP contribution in [0.2, 0.25) is 5.02 Å². The summed E-state index contributed by atoms with van der Waals surface area (Å²) in [5, 5.41) is 9.91. The van der Waals surface area contributed by atoms with E-state index in [2.05, 4.69) is 20.8 Å². The van der Waals surface area contributed by atoms with Crippen molar-refractivity contribution in [2.24, 2.45) is 11.8 Å². The van der Waals surface area contributed by atoms with Crippen LogP contribution >= 0.6 is 11.6 Å². The molecule has 0 aliphatic carbocycles. The number of carbonyl (C=O) groups is 1. The van der Waals surface area contributed by atoms with E-state index in [0.29, 0.717) is 22.4 Å². The molecule has 104 valence electrons. The van der Waals surface area contributed by atoms with Gasteiger partial charge in [0.2, 0.25) is 0 Å². The Kier molecular flexibility index (Phi) is 4.04. The minimum atomic E-state index is -0.0909. The van der Waals surface area contributed by atoms with E-state index in [1.807, 2.05) is 4.90 Å². The zero-order chi connectivity index (χ0) is 14.2. The molecule has 1 heterocycles. The molecule has 1 aromatic rings. The van der Waals surface area contributed by atoms with E-state index in [4.69, 9.17) is 11.6 Å². The van der Waals surface area contributed by atoms with Crippen molar-refractivity contribution < 1.29 is 9.90 Å². The van der Waals surface area contributed by atoms with Crippen LogP contribution < -0.4 is 0 Å². The topological polar surface area (TPSA) is 40.5 Å². The molecule has 1 aliphatic heterocycles. The van der Waals surface area contributed by atoms with Crippen molar-refractivity contribution in [3.8, 4) is 5.75 Å². The molecular formula is C15H20ClNO2. The predicted molar refractivity (Wildman–Crippen MR) is 76.6 cm³/mol. The summed E-state index contributed by atoms with van der Waals surface area (Å²) < 4.78 is 0. The van der Waals surface area contributed by atoms with Gasteiger partial charge in [-0.15, -0.1) is 0 Å². The van der Waals surface area contributed by atoms with Crippen molar-refractivity contribution in [3.63, 3.8) is 0 Å². The maximum Gasteiger partial charge on any atom is 0.255 e. The van der Waals surface area contributed by atoms with Crippen LogP contribution in [-0.2, 0) is 0 Å². The Balaban J connectivity index is 2.30. The highest BCUT2D eigenvalue weighted by molar-refractivity contribution is 6.33. The summed E-state index contributed by atoms with van der Waals surface area (Å²) in [5.41, 5.74) is 0.384. The van der Waals surface area contributed by atoms with Crippen LogP contribution in [0.15, 0.2) is 18.2 Å². The third kappa shape index (κ3) is 2.86. The fourth-order valence-corrected chi connectivity index (χ4v) is 3.01. The maximum absolute atomic E-state index is 12.6. The minimum Gasteiger partial charge on any atom is -0.508 e. The number of rotatable bonds is 1. The van der Waals surface area contributed by atoms with Gasteiger partial charge in [-0.25, -0.2) is 0 Å². The molecular weight excluding hydrogens is 262 g/mol. The SMILES string of the molecule is CC1CC(C)C(C)N(C(=O)c2cc(O)ccc2Cl)C1. The van der Waals surface area contributed by atoms with Crippen molar-refractivity contribution >= 4 is 17.5 Å². The lowest BCUT2D eigenvalue weighted by Gasteiger charge is -2.41. The van der Waals surface area contributed by atoms with Gasteiger partial charge in [-0.05, 0) is 43.4 Å². The number of nitrogens with zero attached hydrogens (tertiary/aromatic N) is 1. The second-order valence-corrected chi connectivity index (χ2v) is 6.09. The van der Waals surface area contributed by atoms with Crippen LogP contribution in [0, 0.1) is 11.8 Å². The number of phenolic OH excluding ortho intramolecular Hbond substituents is 1. The molecule has 1 saturated heterocycles. The Morgan fingerprint density at radius 3 is 2.74 bits per heavy atom. The minimum absolute atomic E-state index is 0.0681. The van der Waals surface area contributed by atoms with Crippen molar-refractivity contribution in [1.29, 1.82) is 0 Å². The number of amides is 1. The summed E-state index contributed by atoms with van der Waals surface area (Å²) in [6, 6.07) is 4.69. The van der Waals surface area contributed by atoms with Crippen molar-refractivity contribution in [2.75, 3.05) is 6.54 Å². The van der Waals surface area contributed by atoms with Gasteiger partial charge in [-0.2, -0.15) is 0 Å². The van der Waals surface area contributed by atoms with Crippen molar-refractivity contribution in [3.05, 3.63) is 28.8 Å². The molecule has 1 aromatic carbocycles. The number of hydrogen-bond donors (Lipinski definition) is 1. The highest BCUT2D eigenvalue weighted by Gasteiger charge is 2.33. The van der Waals surface area contributed by atoms with Gasteiger partial charge in [0, 0.05) is 12.6 Å². The fourth-order valence-electron chi connectivity index (χ4n) is 2.82. The number of phenols is 1. The Bertz CT molecular complexity index is 489. The molecule has 19 heavy (non-hydrogen) atoms. The van der Waals surface area contributed by atoms with Crippen LogP contribution in [0.5, 0.6) is 5.75 Å². The van der Waals surface area contributed by atoms with E-state index in [-0.39, 0.29) is 17.7 Å². The molecule has 0 bridgehead atoms. The first-order chi connectivity index (χ1) is 8.90. The molecule has 1 amide bonds. The standard InChI is InChI=1S/C15H20ClNO2/c1-9-6-10(2)11(3)17(8-9)15(19)13-7-12(18)4-5-14(13)16/h4-5,7,9-11,18H,6,8H2,1-3H3. The van der Waals surface area contributed by atoms with Gasteiger partial charge in [0.25, 0.3) is 5.91 Å². The lowest BCUT2D eigenvalue weighted by atomic mass is 9.85. The second kappa shape index (κ2) is 5.41. The van der Waals surface area contributed by atoms with Crippen LogP contribution in [0.4, 0.5) is 0 Å². The third-order valence-electron chi connectivity index (χ3n) is 4.04. The van der Waals surface area contributed by atoms with E-state index in [1.54, 1.807) is 6.07 Å². The lowest BCUT2D eigenvalue weighted by Crippen LogP contribution is -2.48. The highest BCUT2D eigenvalue weighted by atomic mass is 35.5. The van der Waals surface area contributed by atoms with Crippen molar-refractivity contribution in [1.82, 2.24) is 4.90 Å². The van der Waals surface area contributed by atoms with Gasteiger partial charge in [-0.3, -0.25) is 4.79 Å². The largest absolute Gasteiger partial charge is 0.508 e. The van der Waals surface area contributed by atoms with Crippen LogP contribution in [0.1, 0.15) is 37.6 Å². The fraction of sp³-hybridized carbons (Fsp3) is 0.533. The number of halogens is 1. The smallest absolute Gasteiger partial charge is 0.255 e. The Morgan fingerprint density at radius 1 is 1.37 bits per heavy atom. The molecule has 3 nitrogen and oxygen atoms in total. The zero-order valence-corrected chi connectivity index (χ0v) is 12.3. The molecule has 1 fully saturated rings. The van der Waals surface area contributed by atoms with Gasteiger partial charge in [0.05, 0.1) is 10.6 Å². The summed E-state index contributed by atoms with van der Waals surface area (Å²) in [6.07, 6.45) is 1.14. The van der Waals surface area contributed by atoms with E-state index in [9.17, 15) is 9.90 Å². The average molecular weight is 282 g/mol. The molecule has 0 spiro atoms. The van der Waals surface area contributed by atoms with Gasteiger partial charge in [-0.1, -0.05) is 25.4 Å². The average Bonchev–Trinajstić information content (AvgIpc) is 2.36. The summed E-state index contributed by atoms with van der Waals surface area (Å²) in [5.74, 6) is 0.945. The Hall–Kier alpha value is -1.22. The maximum atomic E-state index is 12.6. The van der Waals surface area contributed by atoms with Crippen LogP contribution in [0.3, 0.4) is 0 Å². The van der Waals surface area contributed by atoms with E-state index in [0.717, 1.165) is 13.0 Å². The normalized spacial score (nSPS) is 27.4. The molecule has 0 radical (unpaired) electrons. The summed E-state index contributed by atoms with van der Waals surface area (Å²) >= 11 is 6.07. The number of hydrogen-bond acceptors (Lipinski definition) is 2. The summed E-state index contributed by atoms with van der Waals surface area (Å²) in [7, 11) is 0. The Labute approximate surface area is 119 Å². The first kappa shape index (κ1) is 14.2. The zero-order valence-electron chi connectivity index (χ0n) is 11.6.